The highest BCUT2D eigenvalue weighted by atomic mass is 15.1. The predicted octanol–water partition coefficient (Wildman–Crippen LogP) is 1.61. The summed E-state index contributed by atoms with van der Waals surface area (Å²) in [6, 6.07) is 4.24. The third-order valence-corrected chi connectivity index (χ3v) is 3.42. The zero-order valence-corrected chi connectivity index (χ0v) is 9.81. The molecule has 0 unspecified atom stereocenters. The van der Waals surface area contributed by atoms with Crippen LogP contribution in [0.15, 0.2) is 24.5 Å². The van der Waals surface area contributed by atoms with Crippen LogP contribution in [0, 0.1) is 0 Å². The Morgan fingerprint density at radius 3 is 2.81 bits per heavy atom. The zero-order chi connectivity index (χ0) is 11.2. The van der Waals surface area contributed by atoms with E-state index in [1.807, 2.05) is 18.5 Å². The highest BCUT2D eigenvalue weighted by molar-refractivity contribution is 5.15. The Labute approximate surface area is 97.7 Å². The Bertz CT molecular complexity index is 291. The zero-order valence-electron chi connectivity index (χ0n) is 9.81. The lowest BCUT2D eigenvalue weighted by atomic mass is 9.90. The highest BCUT2D eigenvalue weighted by Gasteiger charge is 2.19. The first-order chi connectivity index (χ1) is 7.90. The molecular formula is C13H21N3. The van der Waals surface area contributed by atoms with Gasteiger partial charge in [0.15, 0.2) is 0 Å². The lowest BCUT2D eigenvalue weighted by Crippen LogP contribution is -2.34. The van der Waals surface area contributed by atoms with Crippen molar-refractivity contribution in [2.75, 3.05) is 26.2 Å². The third kappa shape index (κ3) is 3.03. The standard InChI is InChI=1S/C13H21N3/c14-6-2-8-16-9-4-12(5-10-16)13-3-1-7-15-11-13/h1,3,7,11-12H,2,4-6,8-10,14H2. The summed E-state index contributed by atoms with van der Waals surface area (Å²) >= 11 is 0. The normalized spacial score (nSPS) is 18.8. The second-order valence-corrected chi connectivity index (χ2v) is 4.54. The Morgan fingerprint density at radius 2 is 2.19 bits per heavy atom. The van der Waals surface area contributed by atoms with Crippen LogP contribution in [0.2, 0.25) is 0 Å². The number of aromatic nitrogens is 1. The average molecular weight is 219 g/mol. The topological polar surface area (TPSA) is 42.1 Å². The van der Waals surface area contributed by atoms with E-state index in [4.69, 9.17) is 5.73 Å². The number of hydrogen-bond acceptors (Lipinski definition) is 3. The van der Waals surface area contributed by atoms with Gasteiger partial charge in [0.25, 0.3) is 0 Å². The average Bonchev–Trinajstić information content (AvgIpc) is 2.38. The number of piperidine rings is 1. The van der Waals surface area contributed by atoms with Crippen LogP contribution in [0.1, 0.15) is 30.7 Å². The third-order valence-electron chi connectivity index (χ3n) is 3.42. The molecule has 3 nitrogen and oxygen atoms in total. The first-order valence-electron chi connectivity index (χ1n) is 6.22. The molecule has 2 rings (SSSR count). The molecule has 0 aromatic carbocycles. The molecule has 88 valence electrons. The van der Waals surface area contributed by atoms with Crippen molar-refractivity contribution >= 4 is 0 Å². The molecule has 1 aliphatic rings. The predicted molar refractivity (Wildman–Crippen MR) is 66.3 cm³/mol. The number of hydrogen-bond donors (Lipinski definition) is 1. The fourth-order valence-corrected chi connectivity index (χ4v) is 2.42. The molecule has 1 aliphatic heterocycles. The van der Waals surface area contributed by atoms with Crippen LogP contribution in [0.25, 0.3) is 0 Å². The van der Waals surface area contributed by atoms with Gasteiger partial charge >= 0.3 is 0 Å². The van der Waals surface area contributed by atoms with Gasteiger partial charge < -0.3 is 10.6 Å². The molecule has 1 aromatic heterocycles. The molecule has 3 heteroatoms. The smallest absolute Gasteiger partial charge is 0.0302 e. The Hall–Kier alpha value is -0.930. The Morgan fingerprint density at radius 1 is 1.38 bits per heavy atom. The summed E-state index contributed by atoms with van der Waals surface area (Å²) in [4.78, 5) is 6.73. The minimum atomic E-state index is 0.711. The van der Waals surface area contributed by atoms with Crippen LogP contribution in [0.3, 0.4) is 0 Å². The van der Waals surface area contributed by atoms with Crippen LogP contribution in [0.5, 0.6) is 0 Å². The van der Waals surface area contributed by atoms with Gasteiger partial charge in [-0.15, -0.1) is 0 Å². The van der Waals surface area contributed by atoms with Crippen molar-refractivity contribution in [3.63, 3.8) is 0 Å². The molecule has 0 spiro atoms. The molecule has 0 atom stereocenters. The maximum absolute atomic E-state index is 5.53. The largest absolute Gasteiger partial charge is 0.330 e. The first-order valence-corrected chi connectivity index (χ1v) is 6.22. The number of pyridine rings is 1. The molecule has 0 bridgehead atoms. The van der Waals surface area contributed by atoms with E-state index in [9.17, 15) is 0 Å². The van der Waals surface area contributed by atoms with Gasteiger partial charge in [-0.25, -0.2) is 0 Å². The Balaban J connectivity index is 1.81. The molecule has 1 aromatic rings. The summed E-state index contributed by atoms with van der Waals surface area (Å²) in [5.74, 6) is 0.711. The first kappa shape index (κ1) is 11.6. The van der Waals surface area contributed by atoms with Crippen molar-refractivity contribution in [3.05, 3.63) is 30.1 Å². The maximum Gasteiger partial charge on any atom is 0.0302 e. The van der Waals surface area contributed by atoms with Gasteiger partial charge in [0.2, 0.25) is 0 Å². The summed E-state index contributed by atoms with van der Waals surface area (Å²) in [6.45, 7) is 4.39. The van der Waals surface area contributed by atoms with Gasteiger partial charge in [-0.1, -0.05) is 6.07 Å². The summed E-state index contributed by atoms with van der Waals surface area (Å²) in [5, 5.41) is 0. The van der Waals surface area contributed by atoms with Gasteiger partial charge in [0.1, 0.15) is 0 Å². The summed E-state index contributed by atoms with van der Waals surface area (Å²) in [5.41, 5.74) is 6.93. The SMILES string of the molecule is NCCCN1CCC(c2cccnc2)CC1. The van der Waals surface area contributed by atoms with Crippen LogP contribution in [0.4, 0.5) is 0 Å². The molecule has 2 heterocycles. The van der Waals surface area contributed by atoms with E-state index in [-0.39, 0.29) is 0 Å². The Kier molecular flexibility index (Phi) is 4.31. The molecular weight excluding hydrogens is 198 g/mol. The van der Waals surface area contributed by atoms with E-state index < -0.39 is 0 Å². The molecule has 0 aliphatic carbocycles. The molecule has 0 amide bonds. The van der Waals surface area contributed by atoms with E-state index >= 15 is 0 Å². The van der Waals surface area contributed by atoms with Crippen LogP contribution < -0.4 is 5.73 Å². The lowest BCUT2D eigenvalue weighted by Gasteiger charge is -2.31. The molecule has 1 saturated heterocycles. The lowest BCUT2D eigenvalue weighted by molar-refractivity contribution is 0.211. The van der Waals surface area contributed by atoms with Crippen molar-refractivity contribution in [1.29, 1.82) is 0 Å². The van der Waals surface area contributed by atoms with Crippen LogP contribution in [-0.4, -0.2) is 36.1 Å². The van der Waals surface area contributed by atoms with Crippen molar-refractivity contribution in [3.8, 4) is 0 Å². The van der Waals surface area contributed by atoms with E-state index in [1.54, 1.807) is 0 Å². The minimum Gasteiger partial charge on any atom is -0.330 e. The van der Waals surface area contributed by atoms with Gasteiger partial charge in [-0.3, -0.25) is 4.98 Å². The molecule has 0 saturated carbocycles. The van der Waals surface area contributed by atoms with Crippen LogP contribution >= 0.6 is 0 Å². The van der Waals surface area contributed by atoms with Crippen molar-refractivity contribution in [2.45, 2.75) is 25.2 Å². The van der Waals surface area contributed by atoms with Crippen molar-refractivity contribution in [2.24, 2.45) is 5.73 Å². The van der Waals surface area contributed by atoms with Crippen LogP contribution in [-0.2, 0) is 0 Å². The number of nitrogens with two attached hydrogens (primary N) is 1. The molecule has 2 N–H and O–H groups in total. The quantitative estimate of drug-likeness (QED) is 0.836. The van der Waals surface area contributed by atoms with Gasteiger partial charge in [0, 0.05) is 12.4 Å². The van der Waals surface area contributed by atoms with E-state index in [2.05, 4.69) is 16.0 Å². The maximum atomic E-state index is 5.53. The number of rotatable bonds is 4. The second kappa shape index (κ2) is 5.97. The summed E-state index contributed by atoms with van der Waals surface area (Å²) in [6.07, 6.45) is 7.50. The van der Waals surface area contributed by atoms with Crippen molar-refractivity contribution in [1.82, 2.24) is 9.88 Å². The summed E-state index contributed by atoms with van der Waals surface area (Å²) in [7, 11) is 0. The van der Waals surface area contributed by atoms with Crippen molar-refractivity contribution < 1.29 is 0 Å². The summed E-state index contributed by atoms with van der Waals surface area (Å²) < 4.78 is 0. The van der Waals surface area contributed by atoms with E-state index in [0.29, 0.717) is 5.92 Å². The van der Waals surface area contributed by atoms with Gasteiger partial charge in [-0.2, -0.15) is 0 Å². The molecule has 16 heavy (non-hydrogen) atoms. The second-order valence-electron chi connectivity index (χ2n) is 4.54. The fraction of sp³-hybridized carbons (Fsp3) is 0.615. The number of likely N-dealkylation sites (tertiary alicyclic amines) is 1. The molecule has 1 fully saturated rings. The van der Waals surface area contributed by atoms with E-state index in [0.717, 1.165) is 19.5 Å². The molecule has 0 radical (unpaired) electrons. The highest BCUT2D eigenvalue weighted by Crippen LogP contribution is 2.27. The monoisotopic (exact) mass is 219 g/mol. The minimum absolute atomic E-state index is 0.711. The van der Waals surface area contributed by atoms with Gasteiger partial charge in [-0.05, 0) is 63.0 Å². The van der Waals surface area contributed by atoms with E-state index in [1.165, 1.54) is 31.5 Å². The van der Waals surface area contributed by atoms with Gasteiger partial charge in [0.05, 0.1) is 0 Å². The number of nitrogens with zero attached hydrogens (tertiary/aromatic N) is 2. The fourth-order valence-electron chi connectivity index (χ4n) is 2.42.